The molecule has 1 aliphatic heterocycles. The third kappa shape index (κ3) is 5.74. The molecule has 0 amide bonds. The molecule has 0 radical (unpaired) electrons. The Hall–Kier alpha value is -2.01. The van der Waals surface area contributed by atoms with E-state index in [4.69, 9.17) is 9.84 Å². The lowest BCUT2D eigenvalue weighted by Gasteiger charge is -2.26. The van der Waals surface area contributed by atoms with Crippen molar-refractivity contribution in [3.8, 4) is 16.9 Å². The van der Waals surface area contributed by atoms with Gasteiger partial charge in [-0.3, -0.25) is 4.79 Å². The van der Waals surface area contributed by atoms with Crippen LogP contribution in [0.1, 0.15) is 57.9 Å². The molecule has 0 fully saturated rings. The number of carboxylic acid groups (broad SMARTS) is 1. The summed E-state index contributed by atoms with van der Waals surface area (Å²) in [5.41, 5.74) is 3.65. The normalized spacial score (nSPS) is 15.9. The average molecular weight is 400 g/mol. The number of aliphatic carboxylic acids is 1. The van der Waals surface area contributed by atoms with E-state index in [1.807, 2.05) is 12.3 Å². The number of ether oxygens (including phenoxy) is 1. The van der Waals surface area contributed by atoms with Gasteiger partial charge >= 0.3 is 5.97 Å². The van der Waals surface area contributed by atoms with Gasteiger partial charge in [-0.25, -0.2) is 4.98 Å². The number of carboxylic acids is 1. The summed E-state index contributed by atoms with van der Waals surface area (Å²) in [4.78, 5) is 15.1. The van der Waals surface area contributed by atoms with Crippen LogP contribution < -0.4 is 4.74 Å². The van der Waals surface area contributed by atoms with Crippen LogP contribution in [0.3, 0.4) is 0 Å². The molecule has 0 saturated heterocycles. The standard InChI is InChI=1S/C23H29NO3S/c1-16(2)28-23-20(8-6-14-24-23)17-11-13-21-18(15-17)10-12-19(27-21)7-4-3-5-9-22(25)26/h6,8,11,13-16,19H,3-5,7,9-10,12H2,1-2H3,(H,25,26). The second-order valence-electron chi connectivity index (χ2n) is 7.62. The van der Waals surface area contributed by atoms with E-state index < -0.39 is 5.97 Å². The Morgan fingerprint density at radius 3 is 2.93 bits per heavy atom. The number of hydrogen-bond acceptors (Lipinski definition) is 4. The summed E-state index contributed by atoms with van der Waals surface area (Å²) < 4.78 is 6.21. The first-order valence-corrected chi connectivity index (χ1v) is 11.0. The summed E-state index contributed by atoms with van der Waals surface area (Å²) in [6, 6.07) is 10.6. The first-order chi connectivity index (χ1) is 13.5. The lowest BCUT2D eigenvalue weighted by atomic mass is 9.95. The molecule has 0 saturated carbocycles. The molecule has 1 aliphatic rings. The van der Waals surface area contributed by atoms with E-state index in [1.54, 1.807) is 11.8 Å². The molecular formula is C23H29NO3S. The van der Waals surface area contributed by atoms with Crippen molar-refractivity contribution in [2.45, 2.75) is 75.2 Å². The highest BCUT2D eigenvalue weighted by Gasteiger charge is 2.20. The van der Waals surface area contributed by atoms with Crippen LogP contribution in [0.15, 0.2) is 41.6 Å². The van der Waals surface area contributed by atoms with Gasteiger partial charge in [0, 0.05) is 23.4 Å². The summed E-state index contributed by atoms with van der Waals surface area (Å²) in [6.45, 7) is 4.37. The predicted octanol–water partition coefficient (Wildman–Crippen LogP) is 5.98. The Morgan fingerprint density at radius 2 is 2.14 bits per heavy atom. The molecule has 1 aromatic heterocycles. The molecule has 0 aliphatic carbocycles. The fraction of sp³-hybridized carbons (Fsp3) is 0.478. The summed E-state index contributed by atoms with van der Waals surface area (Å²) in [5.74, 6) is 0.287. The van der Waals surface area contributed by atoms with Crippen molar-refractivity contribution < 1.29 is 14.6 Å². The number of fused-ring (bicyclic) bond motifs is 1. The van der Waals surface area contributed by atoms with Gasteiger partial charge in [-0.05, 0) is 61.4 Å². The number of unbranched alkanes of at least 4 members (excludes halogenated alkanes) is 2. The number of rotatable bonds is 9. The molecular weight excluding hydrogens is 370 g/mol. The molecule has 2 aromatic rings. The molecule has 1 unspecified atom stereocenters. The molecule has 4 nitrogen and oxygen atoms in total. The number of carbonyl (C=O) groups is 1. The second kappa shape index (κ2) is 9.97. The largest absolute Gasteiger partial charge is 0.490 e. The van der Waals surface area contributed by atoms with Gasteiger partial charge in [0.1, 0.15) is 10.8 Å². The fourth-order valence-electron chi connectivity index (χ4n) is 3.57. The molecule has 3 rings (SSSR count). The predicted molar refractivity (Wildman–Crippen MR) is 114 cm³/mol. The Kier molecular flexibility index (Phi) is 7.37. The van der Waals surface area contributed by atoms with Crippen molar-refractivity contribution >= 4 is 17.7 Å². The van der Waals surface area contributed by atoms with Crippen LogP contribution >= 0.6 is 11.8 Å². The van der Waals surface area contributed by atoms with Crippen molar-refractivity contribution in [1.29, 1.82) is 0 Å². The highest BCUT2D eigenvalue weighted by molar-refractivity contribution is 7.99. The van der Waals surface area contributed by atoms with Gasteiger partial charge in [0.05, 0.1) is 6.10 Å². The van der Waals surface area contributed by atoms with Gasteiger partial charge in [-0.1, -0.05) is 32.4 Å². The highest BCUT2D eigenvalue weighted by Crippen LogP contribution is 2.36. The number of nitrogens with zero attached hydrogens (tertiary/aromatic N) is 1. The van der Waals surface area contributed by atoms with Crippen molar-refractivity contribution in [2.75, 3.05) is 0 Å². The Bertz CT molecular complexity index is 806. The van der Waals surface area contributed by atoms with Crippen LogP contribution in [0.5, 0.6) is 5.75 Å². The number of pyridine rings is 1. The summed E-state index contributed by atoms with van der Waals surface area (Å²) in [7, 11) is 0. The van der Waals surface area contributed by atoms with E-state index >= 15 is 0 Å². The van der Waals surface area contributed by atoms with Crippen LogP contribution in [-0.2, 0) is 11.2 Å². The maximum atomic E-state index is 10.6. The van der Waals surface area contributed by atoms with E-state index in [-0.39, 0.29) is 12.5 Å². The number of hydrogen-bond donors (Lipinski definition) is 1. The number of aryl methyl sites for hydroxylation is 1. The fourth-order valence-corrected chi connectivity index (χ4v) is 4.45. The van der Waals surface area contributed by atoms with E-state index in [9.17, 15) is 4.79 Å². The van der Waals surface area contributed by atoms with Crippen LogP contribution in [0.2, 0.25) is 0 Å². The van der Waals surface area contributed by atoms with E-state index in [2.05, 4.69) is 43.1 Å². The van der Waals surface area contributed by atoms with E-state index in [0.29, 0.717) is 5.25 Å². The number of aromatic nitrogens is 1. The van der Waals surface area contributed by atoms with E-state index in [1.165, 1.54) is 16.7 Å². The maximum absolute atomic E-state index is 10.6. The van der Waals surface area contributed by atoms with Gasteiger partial charge in [-0.15, -0.1) is 11.8 Å². The highest BCUT2D eigenvalue weighted by atomic mass is 32.2. The maximum Gasteiger partial charge on any atom is 0.303 e. The van der Waals surface area contributed by atoms with Crippen LogP contribution in [0, 0.1) is 0 Å². The Labute approximate surface area is 171 Å². The van der Waals surface area contributed by atoms with E-state index in [0.717, 1.165) is 49.3 Å². The third-order valence-electron chi connectivity index (χ3n) is 4.94. The molecule has 0 spiro atoms. The zero-order chi connectivity index (χ0) is 19.9. The first kappa shape index (κ1) is 20.7. The third-order valence-corrected chi connectivity index (χ3v) is 5.96. The smallest absolute Gasteiger partial charge is 0.303 e. The average Bonchev–Trinajstić information content (AvgIpc) is 2.67. The van der Waals surface area contributed by atoms with Gasteiger partial charge in [-0.2, -0.15) is 0 Å². The van der Waals surface area contributed by atoms with Crippen LogP contribution in [0.25, 0.3) is 11.1 Å². The molecule has 0 bridgehead atoms. The molecule has 1 atom stereocenters. The molecule has 28 heavy (non-hydrogen) atoms. The van der Waals surface area contributed by atoms with Crippen LogP contribution in [0.4, 0.5) is 0 Å². The molecule has 2 heterocycles. The van der Waals surface area contributed by atoms with Crippen LogP contribution in [-0.4, -0.2) is 27.4 Å². The zero-order valence-electron chi connectivity index (χ0n) is 16.7. The van der Waals surface area contributed by atoms with Crippen molar-refractivity contribution in [1.82, 2.24) is 4.98 Å². The van der Waals surface area contributed by atoms with Gasteiger partial charge < -0.3 is 9.84 Å². The Balaban J connectivity index is 1.62. The van der Waals surface area contributed by atoms with Crippen molar-refractivity contribution in [3.63, 3.8) is 0 Å². The number of benzene rings is 1. The Morgan fingerprint density at radius 1 is 1.29 bits per heavy atom. The summed E-state index contributed by atoms with van der Waals surface area (Å²) in [5, 5.41) is 10.3. The van der Waals surface area contributed by atoms with Gasteiger partial charge in [0.25, 0.3) is 0 Å². The molecule has 1 aromatic carbocycles. The van der Waals surface area contributed by atoms with Crippen molar-refractivity contribution in [2.24, 2.45) is 0 Å². The second-order valence-corrected chi connectivity index (χ2v) is 9.18. The minimum atomic E-state index is -0.706. The summed E-state index contributed by atoms with van der Waals surface area (Å²) in [6.07, 6.45) is 8.15. The molecule has 150 valence electrons. The van der Waals surface area contributed by atoms with Gasteiger partial charge in [0.2, 0.25) is 0 Å². The van der Waals surface area contributed by atoms with Crippen molar-refractivity contribution in [3.05, 3.63) is 42.1 Å². The first-order valence-electron chi connectivity index (χ1n) is 10.2. The monoisotopic (exact) mass is 399 g/mol. The lowest BCUT2D eigenvalue weighted by molar-refractivity contribution is -0.137. The minimum absolute atomic E-state index is 0.244. The lowest BCUT2D eigenvalue weighted by Crippen LogP contribution is -2.22. The van der Waals surface area contributed by atoms with Gasteiger partial charge in [0.15, 0.2) is 0 Å². The topological polar surface area (TPSA) is 59.4 Å². The molecule has 1 N–H and O–H groups in total. The quantitative estimate of drug-likeness (QED) is 0.415. The molecule has 5 heteroatoms. The SMILES string of the molecule is CC(C)Sc1ncccc1-c1ccc2c(c1)CCC(CCCCCC(=O)O)O2. The minimum Gasteiger partial charge on any atom is -0.490 e. The zero-order valence-corrected chi connectivity index (χ0v) is 17.5. The summed E-state index contributed by atoms with van der Waals surface area (Å²) >= 11 is 1.79. The number of thioether (sulfide) groups is 1.